The van der Waals surface area contributed by atoms with Crippen molar-refractivity contribution >= 4 is 50.8 Å². The highest BCUT2D eigenvalue weighted by Crippen LogP contribution is 2.37. The van der Waals surface area contributed by atoms with Gasteiger partial charge in [-0.3, -0.25) is 25.2 Å². The lowest BCUT2D eigenvalue weighted by molar-refractivity contribution is -0.124. The molecule has 1 unspecified atom stereocenters. The summed E-state index contributed by atoms with van der Waals surface area (Å²) in [4.78, 5) is 39.5. The van der Waals surface area contributed by atoms with E-state index in [2.05, 4.69) is 21.2 Å². The maximum atomic E-state index is 12.9. The summed E-state index contributed by atoms with van der Waals surface area (Å²) in [7, 11) is 1.51. The quantitative estimate of drug-likeness (QED) is 0.425. The number of methoxy groups -OCH3 is 1. The van der Waals surface area contributed by atoms with E-state index in [0.29, 0.717) is 17.1 Å². The molecule has 0 aliphatic carbocycles. The average molecular weight is 455 g/mol. The summed E-state index contributed by atoms with van der Waals surface area (Å²) in [5, 5.41) is 12.0. The number of amides is 2. The van der Waals surface area contributed by atoms with Gasteiger partial charge in [0.1, 0.15) is 16.9 Å². The maximum absolute atomic E-state index is 12.9. The lowest BCUT2D eigenvalue weighted by Gasteiger charge is -2.32. The third-order valence-electron chi connectivity index (χ3n) is 4.70. The molecule has 0 spiro atoms. The lowest BCUT2D eigenvalue weighted by Crippen LogP contribution is -2.49. The lowest BCUT2D eigenvalue weighted by atomic mass is 9.91. The second-order valence-electron chi connectivity index (χ2n) is 6.66. The minimum atomic E-state index is -1.52. The molecule has 1 atom stereocenters. The fraction of sp³-hybridized carbons (Fsp3) is 0.190. The molecule has 1 N–H and O–H groups in total. The third-order valence-corrected chi connectivity index (χ3v) is 5.23. The fourth-order valence-corrected chi connectivity index (χ4v) is 3.51. The minimum Gasteiger partial charge on any atom is -0.763 e. The predicted molar refractivity (Wildman–Crippen MR) is 113 cm³/mol. The topological polar surface area (TPSA) is 98.0 Å². The van der Waals surface area contributed by atoms with Crippen molar-refractivity contribution in [1.82, 2.24) is 0 Å². The van der Waals surface area contributed by atoms with Crippen LogP contribution in [-0.2, 0) is 14.4 Å². The van der Waals surface area contributed by atoms with Crippen LogP contribution in [0.25, 0.3) is 5.41 Å². The molecule has 2 amide bonds. The Morgan fingerprint density at radius 1 is 1.17 bits per heavy atom. The van der Waals surface area contributed by atoms with E-state index in [1.165, 1.54) is 18.9 Å². The zero-order valence-corrected chi connectivity index (χ0v) is 17.3. The molecule has 1 fully saturated rings. The molecule has 148 valence electrons. The first kappa shape index (κ1) is 20.5. The van der Waals surface area contributed by atoms with Gasteiger partial charge < -0.3 is 15.5 Å². The number of halogens is 1. The predicted octanol–water partition coefficient (Wildman–Crippen LogP) is 3.33. The Bertz CT molecular complexity index is 1030. The van der Waals surface area contributed by atoms with Gasteiger partial charge in [0.25, 0.3) is 5.91 Å². The Morgan fingerprint density at radius 2 is 1.79 bits per heavy atom. The summed E-state index contributed by atoms with van der Waals surface area (Å²) in [6, 6.07) is 13.4. The van der Waals surface area contributed by atoms with Crippen LogP contribution in [0.2, 0.25) is 0 Å². The number of Topliss-reactive ketones (excluding diaryl/α,β-unsaturated/α-hetero) is 1. The number of rotatable bonds is 5. The molecule has 0 aromatic heterocycles. The van der Waals surface area contributed by atoms with Gasteiger partial charge in [0.05, 0.1) is 13.5 Å². The summed E-state index contributed by atoms with van der Waals surface area (Å²) in [6.07, 6.45) is -0.301. The van der Waals surface area contributed by atoms with Crippen molar-refractivity contribution in [3.63, 3.8) is 0 Å². The second kappa shape index (κ2) is 8.03. The molecule has 1 aliphatic heterocycles. The van der Waals surface area contributed by atoms with E-state index in [-0.39, 0.29) is 6.42 Å². The molecule has 2 aromatic rings. The van der Waals surface area contributed by atoms with E-state index in [1.54, 1.807) is 54.4 Å². The van der Waals surface area contributed by atoms with Crippen molar-refractivity contribution in [2.75, 3.05) is 17.3 Å². The van der Waals surface area contributed by atoms with Crippen LogP contribution in [-0.4, -0.2) is 36.1 Å². The fourth-order valence-electron chi connectivity index (χ4n) is 3.25. The molecule has 7 nitrogen and oxygen atoms in total. The van der Waals surface area contributed by atoms with Crippen LogP contribution in [0.15, 0.2) is 58.6 Å². The van der Waals surface area contributed by atoms with E-state index in [4.69, 9.17) is 4.74 Å². The van der Waals surface area contributed by atoms with Gasteiger partial charge in [-0.15, -0.1) is 0 Å². The minimum absolute atomic E-state index is 0.301. The Hall–Kier alpha value is -3.22. The standard InChI is InChI=1S/C21H17BrN3O4/c1-21(11-18(26)24-14-5-3-13(22)4-6-14)19(27)17(12-23)20(28)25(21)15-7-9-16(29-2)10-8-15/h3-10H,11H2,1-2H3,(H,24,26)/q-1. The van der Waals surface area contributed by atoms with Gasteiger partial charge in [-0.2, -0.15) is 0 Å². The van der Waals surface area contributed by atoms with Gasteiger partial charge in [0.2, 0.25) is 11.7 Å². The van der Waals surface area contributed by atoms with Crippen LogP contribution in [0.4, 0.5) is 11.4 Å². The van der Waals surface area contributed by atoms with E-state index in [0.717, 1.165) is 4.47 Å². The number of benzene rings is 2. The highest BCUT2D eigenvalue weighted by molar-refractivity contribution is 9.10. The number of anilines is 2. The maximum Gasteiger partial charge on any atom is 0.268 e. The summed E-state index contributed by atoms with van der Waals surface area (Å²) >= 11 is 3.32. The number of ketones is 1. The van der Waals surface area contributed by atoms with Crippen LogP contribution in [0.5, 0.6) is 5.75 Å². The van der Waals surface area contributed by atoms with Crippen molar-refractivity contribution in [3.8, 4) is 5.75 Å². The van der Waals surface area contributed by atoms with Crippen molar-refractivity contribution in [2.24, 2.45) is 0 Å². The van der Waals surface area contributed by atoms with Crippen molar-refractivity contribution in [2.45, 2.75) is 18.9 Å². The first-order valence-electron chi connectivity index (χ1n) is 8.66. The Kier molecular flexibility index (Phi) is 5.68. The molecule has 29 heavy (non-hydrogen) atoms. The molecule has 1 aliphatic rings. The van der Waals surface area contributed by atoms with E-state index in [1.807, 2.05) is 0 Å². The van der Waals surface area contributed by atoms with Gasteiger partial charge in [0, 0.05) is 15.8 Å². The van der Waals surface area contributed by atoms with Gasteiger partial charge in [-0.25, -0.2) is 0 Å². The normalized spacial score (nSPS) is 18.6. The molecule has 3 rings (SSSR count). The number of hydrogen-bond donors (Lipinski definition) is 1. The van der Waals surface area contributed by atoms with E-state index in [9.17, 15) is 19.8 Å². The highest BCUT2D eigenvalue weighted by Gasteiger charge is 2.53. The molecule has 1 saturated heterocycles. The molecule has 2 aromatic carbocycles. The van der Waals surface area contributed by atoms with Gasteiger partial charge in [-0.05, 0) is 55.5 Å². The number of hydrogen-bond acceptors (Lipinski definition) is 4. The molecule has 0 bridgehead atoms. The van der Waals surface area contributed by atoms with Crippen LogP contribution >= 0.6 is 15.9 Å². The summed E-state index contributed by atoms with van der Waals surface area (Å²) in [5.74, 6) is 0.414. The zero-order chi connectivity index (χ0) is 21.2. The molecule has 8 heteroatoms. The van der Waals surface area contributed by atoms with Crippen molar-refractivity contribution in [1.29, 1.82) is 0 Å². The van der Waals surface area contributed by atoms with Gasteiger partial charge in [-0.1, -0.05) is 15.9 Å². The van der Waals surface area contributed by atoms with Gasteiger partial charge in [0.15, 0.2) is 0 Å². The summed E-state index contributed by atoms with van der Waals surface area (Å²) in [6.45, 7) is 1.49. The number of nitrogens with one attached hydrogen (secondary N) is 1. The van der Waals surface area contributed by atoms with Gasteiger partial charge >= 0.3 is 0 Å². The van der Waals surface area contributed by atoms with Crippen molar-refractivity contribution in [3.05, 3.63) is 64.0 Å². The van der Waals surface area contributed by atoms with Crippen molar-refractivity contribution < 1.29 is 19.1 Å². The van der Waals surface area contributed by atoms with Crippen LogP contribution in [0, 0.1) is 0 Å². The number of carbonyl (C=O) groups is 3. The molecule has 0 radical (unpaired) electrons. The van der Waals surface area contributed by atoms with E-state index >= 15 is 0 Å². The third kappa shape index (κ3) is 3.85. The van der Waals surface area contributed by atoms with E-state index < -0.39 is 28.7 Å². The smallest absolute Gasteiger partial charge is 0.268 e. The Labute approximate surface area is 176 Å². The second-order valence-corrected chi connectivity index (χ2v) is 7.58. The van der Waals surface area contributed by atoms with Crippen LogP contribution < -0.4 is 15.0 Å². The SMILES string of the molecule is COc1ccc(N2C(=O)C(=C=[N-])C(=O)C2(C)CC(=O)Nc2ccc(Br)cc2)cc1. The molecular formula is C21H17BrN3O4-. The first-order valence-corrected chi connectivity index (χ1v) is 9.45. The summed E-state index contributed by atoms with van der Waals surface area (Å²) < 4.78 is 5.98. The zero-order valence-electron chi connectivity index (χ0n) is 15.7. The monoisotopic (exact) mass is 454 g/mol. The number of nitrogens with zero attached hydrogens (tertiary/aromatic N) is 2. The Morgan fingerprint density at radius 3 is 2.34 bits per heavy atom. The van der Waals surface area contributed by atoms with Crippen LogP contribution in [0.3, 0.4) is 0 Å². The molecular weight excluding hydrogens is 438 g/mol. The summed E-state index contributed by atoms with van der Waals surface area (Å²) in [5.41, 5.74) is -1.05. The number of carbonyl (C=O) groups excluding carboxylic acids is 3. The molecule has 0 saturated carbocycles. The highest BCUT2D eigenvalue weighted by atomic mass is 79.9. The Balaban J connectivity index is 1.93. The average Bonchev–Trinajstić information content (AvgIpc) is 2.88. The molecule has 1 heterocycles. The largest absolute Gasteiger partial charge is 0.763 e. The van der Waals surface area contributed by atoms with Crippen LogP contribution in [0.1, 0.15) is 13.3 Å². The first-order chi connectivity index (χ1) is 13.8. The number of ether oxygens (including phenoxy) is 1.